The molecule has 16 heavy (non-hydrogen) atoms. The Morgan fingerprint density at radius 3 is 2.19 bits per heavy atom. The van der Waals surface area contributed by atoms with Gasteiger partial charge >= 0.3 is 5.91 Å². The quantitative estimate of drug-likeness (QED) is 0.579. The van der Waals surface area contributed by atoms with Crippen molar-refractivity contribution >= 4 is 15.9 Å². The van der Waals surface area contributed by atoms with Crippen LogP contribution < -0.4 is 27.0 Å². The minimum absolute atomic E-state index is 0. The van der Waals surface area contributed by atoms with Crippen molar-refractivity contribution in [1.29, 1.82) is 0 Å². The van der Waals surface area contributed by atoms with Gasteiger partial charge < -0.3 is 17.0 Å². The first-order chi connectivity index (χ1) is 6.84. The van der Waals surface area contributed by atoms with Crippen LogP contribution >= 0.6 is 0 Å². The van der Waals surface area contributed by atoms with Gasteiger partial charge in [0.25, 0.3) is 0 Å². The molecule has 1 amide bonds. The molecule has 0 aliphatic carbocycles. The highest BCUT2D eigenvalue weighted by Gasteiger charge is 2.22. The lowest BCUT2D eigenvalue weighted by atomic mass is 10.2. The lowest BCUT2D eigenvalue weighted by Crippen LogP contribution is -3.08. The average Bonchev–Trinajstić information content (AvgIpc) is 2.15. The second-order valence-electron chi connectivity index (χ2n) is 3.37. The summed E-state index contributed by atoms with van der Waals surface area (Å²) in [4.78, 5) is 12.0. The van der Waals surface area contributed by atoms with E-state index in [0.717, 1.165) is 0 Å². The van der Waals surface area contributed by atoms with Gasteiger partial charge in [-0.15, -0.1) is 0 Å². The summed E-state index contributed by atoms with van der Waals surface area (Å²) in [6.07, 6.45) is 0. The molecule has 1 aromatic carbocycles. The van der Waals surface area contributed by atoms with Gasteiger partial charge in [-0.3, -0.25) is 4.90 Å². The molecule has 7 heteroatoms. The predicted octanol–water partition coefficient (Wildman–Crippen LogP) is -4.38. The van der Waals surface area contributed by atoms with Crippen molar-refractivity contribution in [2.45, 2.75) is 4.90 Å². The van der Waals surface area contributed by atoms with E-state index in [1.807, 2.05) is 0 Å². The molecule has 0 fully saturated rings. The summed E-state index contributed by atoms with van der Waals surface area (Å²) in [6.45, 7) is 0. The first kappa shape index (κ1) is 15.2. The van der Waals surface area contributed by atoms with Gasteiger partial charge in [-0.2, -0.15) is 0 Å². The number of benzene rings is 1. The monoisotopic (exact) mass is 308 g/mol. The molecule has 0 unspecified atom stereocenters. The molecule has 1 rings (SSSR count). The van der Waals surface area contributed by atoms with E-state index in [0.29, 0.717) is 4.90 Å². The van der Waals surface area contributed by atoms with Gasteiger partial charge in [0.05, 0.1) is 24.6 Å². The third-order valence-electron chi connectivity index (χ3n) is 1.89. The van der Waals surface area contributed by atoms with Gasteiger partial charge in [-0.25, -0.2) is 18.4 Å². The Hall–Kier alpha value is -0.760. The molecule has 0 saturated heterocycles. The zero-order chi connectivity index (χ0) is 11.6. The fourth-order valence-corrected chi connectivity index (χ4v) is 1.91. The lowest BCUT2D eigenvalue weighted by Gasteiger charge is -2.07. The number of nitrogens with two attached hydrogens (primary N) is 1. The fourth-order valence-electron chi connectivity index (χ4n) is 1.17. The number of hydrogen-bond acceptors (Lipinski definition) is 3. The standard InChI is InChI=1S/C9H12N2O3S.BrH/c1-11(2)9(12)7-5-3-4-6-8(7)15(10,13)14;/h3-6H,1-2H3,(H2,10,13,14);1H. The highest BCUT2D eigenvalue weighted by atomic mass is 79.9. The number of carbonyl (C=O) groups is 1. The first-order valence-electron chi connectivity index (χ1n) is 4.30. The second-order valence-corrected chi connectivity index (χ2v) is 4.90. The van der Waals surface area contributed by atoms with Crippen LogP contribution in [0.25, 0.3) is 0 Å². The van der Waals surface area contributed by atoms with E-state index >= 15 is 0 Å². The molecular formula is C9H13BrN2O3S. The number of halogens is 1. The summed E-state index contributed by atoms with van der Waals surface area (Å²) in [6, 6.07) is 5.91. The van der Waals surface area contributed by atoms with E-state index in [4.69, 9.17) is 5.14 Å². The van der Waals surface area contributed by atoms with Crippen molar-refractivity contribution in [3.8, 4) is 0 Å². The number of primary sulfonamides is 1. The lowest BCUT2D eigenvalue weighted by molar-refractivity contribution is -0.767. The van der Waals surface area contributed by atoms with Crippen molar-refractivity contribution in [1.82, 2.24) is 0 Å². The Balaban J connectivity index is 0.00000225. The minimum atomic E-state index is -3.85. The van der Waals surface area contributed by atoms with Crippen LogP contribution in [-0.2, 0) is 10.0 Å². The Labute approximate surface area is 105 Å². The predicted molar refractivity (Wildman–Crippen MR) is 55.0 cm³/mol. The third kappa shape index (κ3) is 3.38. The van der Waals surface area contributed by atoms with Crippen LogP contribution in [0.5, 0.6) is 0 Å². The number of sulfonamides is 1. The number of hydrogen-bond donors (Lipinski definition) is 2. The molecule has 0 radical (unpaired) electrons. The van der Waals surface area contributed by atoms with E-state index in [1.54, 1.807) is 20.2 Å². The SMILES string of the molecule is C[NH+](C)C(=O)c1ccccc1S(N)(=O)=O.[Br-]. The van der Waals surface area contributed by atoms with Gasteiger partial charge in [-0.05, 0) is 12.1 Å². The maximum absolute atomic E-state index is 11.7. The first-order valence-corrected chi connectivity index (χ1v) is 5.85. The van der Waals surface area contributed by atoms with E-state index in [1.165, 1.54) is 18.2 Å². The minimum Gasteiger partial charge on any atom is -1.00 e. The molecule has 90 valence electrons. The number of rotatable bonds is 2. The molecular weight excluding hydrogens is 296 g/mol. The molecule has 5 nitrogen and oxygen atoms in total. The summed E-state index contributed by atoms with van der Waals surface area (Å²) >= 11 is 0. The fraction of sp³-hybridized carbons (Fsp3) is 0.222. The summed E-state index contributed by atoms with van der Waals surface area (Å²) < 4.78 is 22.4. The molecule has 0 aliphatic heterocycles. The van der Waals surface area contributed by atoms with Crippen LogP contribution in [0, 0.1) is 0 Å². The molecule has 0 bridgehead atoms. The maximum atomic E-state index is 11.7. The van der Waals surface area contributed by atoms with Crippen LogP contribution in [0.1, 0.15) is 10.4 Å². The van der Waals surface area contributed by atoms with Crippen LogP contribution in [0.4, 0.5) is 0 Å². The number of carbonyl (C=O) groups excluding carboxylic acids is 1. The van der Waals surface area contributed by atoms with Gasteiger partial charge in [0.1, 0.15) is 0 Å². The number of amides is 1. The molecule has 0 spiro atoms. The smallest absolute Gasteiger partial charge is 0.345 e. The Morgan fingerprint density at radius 2 is 1.75 bits per heavy atom. The van der Waals surface area contributed by atoms with Crippen molar-refractivity contribution in [2.24, 2.45) is 5.14 Å². The summed E-state index contributed by atoms with van der Waals surface area (Å²) in [5.41, 5.74) is 0.125. The Kier molecular flexibility index (Phi) is 5.27. The topological polar surface area (TPSA) is 81.7 Å². The molecule has 0 aromatic heterocycles. The van der Waals surface area contributed by atoms with E-state index in [2.05, 4.69) is 0 Å². The van der Waals surface area contributed by atoms with E-state index in [9.17, 15) is 13.2 Å². The van der Waals surface area contributed by atoms with Gasteiger partial charge in [0.15, 0.2) is 0 Å². The van der Waals surface area contributed by atoms with Gasteiger partial charge in [-0.1, -0.05) is 12.1 Å². The van der Waals surface area contributed by atoms with Crippen LogP contribution in [0.15, 0.2) is 29.2 Å². The van der Waals surface area contributed by atoms with Gasteiger partial charge in [0.2, 0.25) is 10.0 Å². The van der Waals surface area contributed by atoms with Crippen molar-refractivity contribution in [2.75, 3.05) is 14.1 Å². The molecule has 0 heterocycles. The largest absolute Gasteiger partial charge is 1.00 e. The van der Waals surface area contributed by atoms with E-state index < -0.39 is 10.0 Å². The third-order valence-corrected chi connectivity index (χ3v) is 2.86. The highest BCUT2D eigenvalue weighted by molar-refractivity contribution is 7.89. The van der Waals surface area contributed by atoms with Gasteiger partial charge in [0, 0.05) is 0 Å². The Bertz CT molecular complexity index is 485. The highest BCUT2D eigenvalue weighted by Crippen LogP contribution is 2.12. The van der Waals surface area contributed by atoms with Crippen molar-refractivity contribution < 1.29 is 35.1 Å². The molecule has 0 atom stereocenters. The van der Waals surface area contributed by atoms with Crippen molar-refractivity contribution in [3.05, 3.63) is 29.8 Å². The molecule has 1 aromatic rings. The summed E-state index contributed by atoms with van der Waals surface area (Å²) in [5.74, 6) is -0.306. The van der Waals surface area contributed by atoms with Crippen LogP contribution in [0.2, 0.25) is 0 Å². The maximum Gasteiger partial charge on any atom is 0.345 e. The number of nitrogens with one attached hydrogen (secondary N) is 1. The zero-order valence-electron chi connectivity index (χ0n) is 8.90. The van der Waals surface area contributed by atoms with Crippen molar-refractivity contribution in [3.63, 3.8) is 0 Å². The number of quaternary nitrogens is 1. The molecule has 0 saturated carbocycles. The normalized spacial score (nSPS) is 11.0. The average molecular weight is 309 g/mol. The summed E-state index contributed by atoms with van der Waals surface area (Å²) in [7, 11) is -0.592. The van der Waals surface area contributed by atoms with Crippen LogP contribution in [0.3, 0.4) is 0 Å². The van der Waals surface area contributed by atoms with Crippen LogP contribution in [-0.4, -0.2) is 28.4 Å². The van der Waals surface area contributed by atoms with E-state index in [-0.39, 0.29) is 33.3 Å². The summed E-state index contributed by atoms with van der Waals surface area (Å²) in [5, 5.41) is 5.01. The molecule has 0 aliphatic rings. The molecule has 3 N–H and O–H groups in total. The second kappa shape index (κ2) is 5.53. The zero-order valence-corrected chi connectivity index (χ0v) is 11.3. The Morgan fingerprint density at radius 1 is 1.25 bits per heavy atom.